The molecule has 0 N–H and O–H groups in total. The number of ether oxygens (including phenoxy) is 1. The van der Waals surface area contributed by atoms with Gasteiger partial charge in [-0.05, 0) is 74.3 Å². The van der Waals surface area contributed by atoms with Gasteiger partial charge in [-0.15, -0.1) is 0 Å². The molecule has 0 saturated heterocycles. The van der Waals surface area contributed by atoms with E-state index in [2.05, 4.69) is 37.3 Å². The van der Waals surface area contributed by atoms with Gasteiger partial charge in [0.15, 0.2) is 0 Å². The van der Waals surface area contributed by atoms with E-state index in [-0.39, 0.29) is 5.41 Å². The zero-order chi connectivity index (χ0) is 14.4. The van der Waals surface area contributed by atoms with Crippen LogP contribution in [0.3, 0.4) is 0 Å². The van der Waals surface area contributed by atoms with Crippen LogP contribution in [0.15, 0.2) is 36.6 Å². The molecule has 1 heteroatoms. The van der Waals surface area contributed by atoms with Crippen LogP contribution in [-0.2, 0) is 10.2 Å². The molecule has 0 unspecified atom stereocenters. The smallest absolute Gasteiger partial charge is 0.0793 e. The molecule has 0 amide bonds. The summed E-state index contributed by atoms with van der Waals surface area (Å²) in [5.41, 5.74) is 3.11. The number of aryl methyl sites for hydroxylation is 1. The van der Waals surface area contributed by atoms with Crippen molar-refractivity contribution < 1.29 is 4.74 Å². The molecule has 0 aromatic heterocycles. The molecule has 5 rings (SSSR count). The Balaban J connectivity index is 1.81. The van der Waals surface area contributed by atoms with Crippen molar-refractivity contribution in [1.82, 2.24) is 0 Å². The van der Waals surface area contributed by atoms with Crippen LogP contribution in [0.5, 0.6) is 0 Å². The number of hydrogen-bond acceptors (Lipinski definition) is 1. The summed E-state index contributed by atoms with van der Waals surface area (Å²) in [6.07, 6.45) is 11.6. The minimum Gasteiger partial charge on any atom is -0.505 e. The Hall–Kier alpha value is -1.24. The molecule has 4 saturated carbocycles. The standard InChI is InChI=1S/C20H26O/c1-14-3-5-17(6-4-14)20(7-8-21-2)18-10-15-9-16(12-18)13-19(20)11-15/h3-8,15-16,18-19H,9-13H2,1-2H3. The van der Waals surface area contributed by atoms with E-state index in [1.165, 1.54) is 43.2 Å². The van der Waals surface area contributed by atoms with Gasteiger partial charge in [-0.3, -0.25) is 0 Å². The lowest BCUT2D eigenvalue weighted by atomic mass is 9.44. The average Bonchev–Trinajstić information content (AvgIpc) is 2.48. The molecule has 4 fully saturated rings. The molecule has 112 valence electrons. The number of allylic oxidation sites excluding steroid dienone is 1. The molecular weight excluding hydrogens is 256 g/mol. The maximum Gasteiger partial charge on any atom is 0.0793 e. The maximum atomic E-state index is 5.34. The van der Waals surface area contributed by atoms with Gasteiger partial charge < -0.3 is 4.74 Å². The van der Waals surface area contributed by atoms with Crippen LogP contribution in [0.25, 0.3) is 0 Å². The highest BCUT2D eigenvalue weighted by atomic mass is 16.5. The van der Waals surface area contributed by atoms with Gasteiger partial charge in [0.1, 0.15) is 0 Å². The fraction of sp³-hybridized carbons (Fsp3) is 0.600. The van der Waals surface area contributed by atoms with Gasteiger partial charge >= 0.3 is 0 Å². The Kier molecular flexibility index (Phi) is 3.13. The molecule has 1 aromatic rings. The summed E-state index contributed by atoms with van der Waals surface area (Å²) in [5, 5.41) is 0. The van der Waals surface area contributed by atoms with Crippen LogP contribution < -0.4 is 0 Å². The van der Waals surface area contributed by atoms with E-state index >= 15 is 0 Å². The van der Waals surface area contributed by atoms with Crippen LogP contribution in [-0.4, -0.2) is 7.11 Å². The SMILES string of the molecule is COC=CC1(c2ccc(C)cc2)C2CC3CC(C2)CC1C3. The van der Waals surface area contributed by atoms with Crippen molar-refractivity contribution in [3.63, 3.8) is 0 Å². The normalized spacial score (nSPS) is 40.9. The molecular formula is C20H26O. The first-order chi connectivity index (χ1) is 10.2. The minimum atomic E-state index is 0.233. The van der Waals surface area contributed by atoms with E-state index in [0.29, 0.717) is 0 Å². The summed E-state index contributed by atoms with van der Waals surface area (Å²) >= 11 is 0. The van der Waals surface area contributed by atoms with Crippen molar-refractivity contribution >= 4 is 0 Å². The molecule has 0 radical (unpaired) electrons. The molecule has 1 aromatic carbocycles. The van der Waals surface area contributed by atoms with E-state index < -0.39 is 0 Å². The zero-order valence-electron chi connectivity index (χ0n) is 13.2. The average molecular weight is 282 g/mol. The second kappa shape index (κ2) is 4.90. The van der Waals surface area contributed by atoms with Gasteiger partial charge in [0.05, 0.1) is 13.4 Å². The third-order valence-electron chi connectivity index (χ3n) is 6.52. The van der Waals surface area contributed by atoms with E-state index in [1.807, 2.05) is 6.26 Å². The lowest BCUT2D eigenvalue weighted by Gasteiger charge is -2.60. The second-order valence-electron chi connectivity index (χ2n) is 7.64. The van der Waals surface area contributed by atoms with Gasteiger partial charge in [0, 0.05) is 5.41 Å². The Morgan fingerprint density at radius 3 is 2.05 bits per heavy atom. The highest BCUT2D eigenvalue weighted by Crippen LogP contribution is 2.63. The maximum absolute atomic E-state index is 5.34. The van der Waals surface area contributed by atoms with Crippen LogP contribution in [0.1, 0.15) is 43.2 Å². The largest absolute Gasteiger partial charge is 0.505 e. The van der Waals surface area contributed by atoms with Crippen molar-refractivity contribution in [3.8, 4) is 0 Å². The zero-order valence-corrected chi connectivity index (χ0v) is 13.2. The minimum absolute atomic E-state index is 0.233. The predicted molar refractivity (Wildman–Crippen MR) is 86.1 cm³/mol. The number of benzene rings is 1. The number of rotatable bonds is 3. The van der Waals surface area contributed by atoms with E-state index in [0.717, 1.165) is 23.7 Å². The molecule has 21 heavy (non-hydrogen) atoms. The lowest BCUT2D eigenvalue weighted by Crippen LogP contribution is -2.54. The Bertz CT molecular complexity index is 511. The molecule has 0 heterocycles. The van der Waals surface area contributed by atoms with Crippen molar-refractivity contribution in [2.45, 2.75) is 44.4 Å². The first kappa shape index (κ1) is 13.4. The Morgan fingerprint density at radius 1 is 0.952 bits per heavy atom. The Labute approximate surface area is 128 Å². The van der Waals surface area contributed by atoms with Crippen LogP contribution in [0.2, 0.25) is 0 Å². The topological polar surface area (TPSA) is 9.23 Å². The van der Waals surface area contributed by atoms with Crippen molar-refractivity contribution in [3.05, 3.63) is 47.7 Å². The van der Waals surface area contributed by atoms with Gasteiger partial charge in [0.2, 0.25) is 0 Å². The van der Waals surface area contributed by atoms with Gasteiger partial charge in [-0.25, -0.2) is 0 Å². The van der Waals surface area contributed by atoms with Crippen LogP contribution in [0, 0.1) is 30.6 Å². The van der Waals surface area contributed by atoms with Gasteiger partial charge in [-0.1, -0.05) is 29.8 Å². The van der Waals surface area contributed by atoms with Crippen molar-refractivity contribution in [1.29, 1.82) is 0 Å². The summed E-state index contributed by atoms with van der Waals surface area (Å²) in [4.78, 5) is 0. The van der Waals surface area contributed by atoms with E-state index in [9.17, 15) is 0 Å². The molecule has 0 spiro atoms. The third kappa shape index (κ3) is 1.97. The summed E-state index contributed by atoms with van der Waals surface area (Å²) in [7, 11) is 1.77. The third-order valence-corrected chi connectivity index (χ3v) is 6.52. The van der Waals surface area contributed by atoms with Crippen molar-refractivity contribution in [2.24, 2.45) is 23.7 Å². The van der Waals surface area contributed by atoms with Crippen molar-refractivity contribution in [2.75, 3.05) is 7.11 Å². The number of hydrogen-bond donors (Lipinski definition) is 0. The van der Waals surface area contributed by atoms with E-state index in [1.54, 1.807) is 7.11 Å². The summed E-state index contributed by atoms with van der Waals surface area (Å²) < 4.78 is 5.34. The highest BCUT2D eigenvalue weighted by molar-refractivity contribution is 5.37. The Morgan fingerprint density at radius 2 is 1.52 bits per heavy atom. The summed E-state index contributed by atoms with van der Waals surface area (Å²) in [6, 6.07) is 9.31. The van der Waals surface area contributed by atoms with Crippen LogP contribution in [0.4, 0.5) is 0 Å². The monoisotopic (exact) mass is 282 g/mol. The molecule has 1 nitrogen and oxygen atoms in total. The lowest BCUT2D eigenvalue weighted by molar-refractivity contribution is -0.0391. The molecule has 4 aliphatic carbocycles. The van der Waals surface area contributed by atoms with E-state index in [4.69, 9.17) is 4.74 Å². The first-order valence-corrected chi connectivity index (χ1v) is 8.50. The van der Waals surface area contributed by atoms with Gasteiger partial charge in [-0.2, -0.15) is 0 Å². The molecule has 4 bridgehead atoms. The molecule has 4 aliphatic rings. The molecule has 0 atom stereocenters. The summed E-state index contributed by atoms with van der Waals surface area (Å²) in [6.45, 7) is 2.18. The van der Waals surface area contributed by atoms with Crippen LogP contribution >= 0.6 is 0 Å². The summed E-state index contributed by atoms with van der Waals surface area (Å²) in [5.74, 6) is 3.65. The molecule has 0 aliphatic heterocycles. The second-order valence-corrected chi connectivity index (χ2v) is 7.64. The predicted octanol–water partition coefficient (Wildman–Crippen LogP) is 4.85. The fourth-order valence-electron chi connectivity index (χ4n) is 5.83. The number of methoxy groups -OCH3 is 1. The fourth-order valence-corrected chi connectivity index (χ4v) is 5.83. The van der Waals surface area contributed by atoms with Gasteiger partial charge in [0.25, 0.3) is 0 Å². The highest BCUT2D eigenvalue weighted by Gasteiger charge is 2.56. The quantitative estimate of drug-likeness (QED) is 0.720. The first-order valence-electron chi connectivity index (χ1n) is 8.50.